The number of unbranched alkanes of at least 4 members (excludes halogenated alkanes) is 3. The molecule has 3 aromatic heterocycles. The lowest BCUT2D eigenvalue weighted by molar-refractivity contribution is -0.0487. The first kappa shape index (κ1) is 32.9. The zero-order valence-corrected chi connectivity index (χ0v) is 24.8. The summed E-state index contributed by atoms with van der Waals surface area (Å²) in [6.45, 7) is 10.3. The van der Waals surface area contributed by atoms with Crippen LogP contribution in [0.1, 0.15) is 65.5 Å². The lowest BCUT2D eigenvalue weighted by Crippen LogP contribution is -2.33. The monoisotopic (exact) mass is 598 g/mol. The van der Waals surface area contributed by atoms with Crippen molar-refractivity contribution in [2.75, 3.05) is 32.0 Å². The van der Waals surface area contributed by atoms with Gasteiger partial charge in [0.2, 0.25) is 5.95 Å². The Kier molecular flexibility index (Phi) is 12.5. The number of hydrogen-bond acceptors (Lipinski definition) is 11. The second-order valence-electron chi connectivity index (χ2n) is 9.95. The summed E-state index contributed by atoms with van der Waals surface area (Å²) in [5.41, 5.74) is 4.98. The number of anilines is 1. The first-order valence-electron chi connectivity index (χ1n) is 14.0. The van der Waals surface area contributed by atoms with E-state index in [-0.39, 0.29) is 17.1 Å². The van der Waals surface area contributed by atoms with E-state index in [9.17, 15) is 24.5 Å². The van der Waals surface area contributed by atoms with Crippen LogP contribution in [0.15, 0.2) is 29.8 Å². The van der Waals surface area contributed by atoms with E-state index in [2.05, 4.69) is 45.6 Å². The molecule has 4 heterocycles. The smallest absolute Gasteiger partial charge is 0.387 e. The minimum absolute atomic E-state index is 0.0286. The summed E-state index contributed by atoms with van der Waals surface area (Å²) in [5.74, 6) is -0.159. The first-order valence-corrected chi connectivity index (χ1v) is 15.6. The predicted molar refractivity (Wildman–Crippen MR) is 153 cm³/mol. The van der Waals surface area contributed by atoms with E-state index in [1.807, 2.05) is 0 Å². The van der Waals surface area contributed by atoms with Crippen molar-refractivity contribution in [2.24, 2.45) is 0 Å². The minimum Gasteiger partial charge on any atom is -0.387 e. The minimum atomic E-state index is -4.24. The molecule has 0 saturated carbocycles. The van der Waals surface area contributed by atoms with Crippen molar-refractivity contribution in [3.63, 3.8) is 0 Å². The Morgan fingerprint density at radius 2 is 1.73 bits per heavy atom. The van der Waals surface area contributed by atoms with E-state index in [1.165, 1.54) is 81.4 Å². The van der Waals surface area contributed by atoms with E-state index >= 15 is 0 Å². The summed E-state index contributed by atoms with van der Waals surface area (Å²) in [4.78, 5) is 38.3. The van der Waals surface area contributed by atoms with E-state index in [1.54, 1.807) is 0 Å². The van der Waals surface area contributed by atoms with Gasteiger partial charge in [0, 0.05) is 12.4 Å². The van der Waals surface area contributed by atoms with Gasteiger partial charge >= 0.3 is 7.75 Å². The SMILES string of the molecule is CCCCN(CCCC)CCCC.Nc1nc2c(ncn2[C@@H]2O[C@H](COP(=O)(O)n3ccnc3)[C@@H](O)[C@H]2O)c(=O)[nH]1. The summed E-state index contributed by atoms with van der Waals surface area (Å²) in [6.07, 6.45) is 7.76. The van der Waals surface area contributed by atoms with Crippen LogP contribution in [0.2, 0.25) is 0 Å². The normalized spacial score (nSPS) is 22.1. The van der Waals surface area contributed by atoms with E-state index in [0.29, 0.717) is 0 Å². The average molecular weight is 599 g/mol. The van der Waals surface area contributed by atoms with Crippen LogP contribution in [-0.4, -0.2) is 93.4 Å². The number of hydrogen-bond donors (Lipinski definition) is 5. The molecule has 1 fully saturated rings. The molecule has 4 rings (SSSR count). The fourth-order valence-electron chi connectivity index (χ4n) is 4.35. The number of aromatic amines is 1. The third-order valence-corrected chi connectivity index (χ3v) is 8.04. The molecule has 0 aromatic carbocycles. The molecule has 5 atom stereocenters. The maximum absolute atomic E-state index is 12.2. The Morgan fingerprint density at radius 3 is 2.29 bits per heavy atom. The number of nitrogens with one attached hydrogen (secondary N) is 1. The summed E-state index contributed by atoms with van der Waals surface area (Å²) >= 11 is 0. The van der Waals surface area contributed by atoms with Gasteiger partial charge in [0.1, 0.15) is 24.6 Å². The van der Waals surface area contributed by atoms with Crippen LogP contribution < -0.4 is 11.3 Å². The predicted octanol–water partition coefficient (Wildman–Crippen LogP) is 1.87. The third-order valence-electron chi connectivity index (χ3n) is 6.73. The largest absolute Gasteiger partial charge is 0.437 e. The van der Waals surface area contributed by atoms with Crippen molar-refractivity contribution in [2.45, 2.75) is 83.8 Å². The van der Waals surface area contributed by atoms with Gasteiger partial charge in [-0.2, -0.15) is 4.98 Å². The molecule has 0 spiro atoms. The van der Waals surface area contributed by atoms with Gasteiger partial charge in [0.25, 0.3) is 5.56 Å². The third kappa shape index (κ3) is 8.67. The van der Waals surface area contributed by atoms with Crippen molar-refractivity contribution in [3.05, 3.63) is 35.4 Å². The molecule has 0 bridgehead atoms. The second-order valence-corrected chi connectivity index (χ2v) is 11.7. The summed E-state index contributed by atoms with van der Waals surface area (Å²) < 4.78 is 24.8. The number of H-pyrrole nitrogens is 1. The van der Waals surface area contributed by atoms with Crippen LogP contribution in [-0.2, 0) is 13.8 Å². The number of aromatic nitrogens is 6. The van der Waals surface area contributed by atoms with Crippen LogP contribution in [0.5, 0.6) is 0 Å². The van der Waals surface area contributed by atoms with Crippen molar-refractivity contribution in [3.8, 4) is 0 Å². The highest BCUT2D eigenvalue weighted by atomic mass is 31.2. The van der Waals surface area contributed by atoms with Crippen LogP contribution in [0, 0.1) is 0 Å². The average Bonchev–Trinajstić information content (AvgIpc) is 3.69. The van der Waals surface area contributed by atoms with Gasteiger partial charge in [0.15, 0.2) is 17.4 Å². The molecule has 0 amide bonds. The molecule has 16 heteroatoms. The van der Waals surface area contributed by atoms with Gasteiger partial charge < -0.3 is 30.5 Å². The number of fused-ring (bicyclic) bond motifs is 1. The fourth-order valence-corrected chi connectivity index (χ4v) is 5.24. The number of nitrogens with two attached hydrogens (primary N) is 1. The highest BCUT2D eigenvalue weighted by molar-refractivity contribution is 7.51. The van der Waals surface area contributed by atoms with Gasteiger partial charge in [-0.15, -0.1) is 0 Å². The van der Waals surface area contributed by atoms with Crippen molar-refractivity contribution < 1.29 is 28.9 Å². The Morgan fingerprint density at radius 1 is 1.10 bits per heavy atom. The number of nitrogens with zero attached hydrogens (tertiary/aromatic N) is 6. The topological polar surface area (TPSA) is 207 Å². The van der Waals surface area contributed by atoms with E-state index in [4.69, 9.17) is 15.0 Å². The zero-order valence-electron chi connectivity index (χ0n) is 23.9. The Hall–Kier alpha value is -2.65. The highest BCUT2D eigenvalue weighted by Gasteiger charge is 2.45. The molecule has 15 nitrogen and oxygen atoms in total. The number of aliphatic hydroxyl groups excluding tert-OH is 2. The van der Waals surface area contributed by atoms with Gasteiger partial charge in [-0.1, -0.05) is 40.0 Å². The maximum Gasteiger partial charge on any atom is 0.437 e. The second kappa shape index (κ2) is 15.5. The molecule has 6 N–H and O–H groups in total. The lowest BCUT2D eigenvalue weighted by Gasteiger charge is -2.21. The van der Waals surface area contributed by atoms with Crippen LogP contribution in [0.4, 0.5) is 5.95 Å². The number of imidazole rings is 2. The Balaban J connectivity index is 0.000000302. The van der Waals surface area contributed by atoms with Crippen LogP contribution in [0.25, 0.3) is 11.2 Å². The standard InChI is InChI=1S/C13H16N7O7P.C12H27N/c14-13-17-10-7(11(23)18-13)16-5-20(10)12-9(22)8(21)6(27-12)3-26-28(24,25)19-2-1-15-4-19;1-4-7-10-13(11-8-5-2)12-9-6-3/h1-2,4-6,8-9,12,21-22H,3H2,(H,24,25)(H3,14,17,18,23);4-12H2,1-3H3/t6-,8-,9-,12-;/m1./s1. The molecule has 1 aliphatic rings. The number of ether oxygens (including phenoxy) is 1. The van der Waals surface area contributed by atoms with Crippen LogP contribution >= 0.6 is 7.75 Å². The zero-order chi connectivity index (χ0) is 30.0. The molecular weight excluding hydrogens is 555 g/mol. The van der Waals surface area contributed by atoms with Crippen molar-refractivity contribution in [1.29, 1.82) is 0 Å². The van der Waals surface area contributed by atoms with E-state index in [0.717, 1.165) is 10.7 Å². The van der Waals surface area contributed by atoms with Crippen molar-refractivity contribution in [1.82, 2.24) is 33.7 Å². The van der Waals surface area contributed by atoms with Gasteiger partial charge in [0.05, 0.1) is 12.9 Å². The van der Waals surface area contributed by atoms with Gasteiger partial charge in [-0.3, -0.25) is 18.9 Å². The fraction of sp³-hybridized carbons (Fsp3) is 0.680. The molecule has 0 aliphatic carbocycles. The molecule has 3 aromatic rings. The van der Waals surface area contributed by atoms with Crippen LogP contribution in [0.3, 0.4) is 0 Å². The number of aliphatic hydroxyl groups is 2. The molecule has 1 aliphatic heterocycles. The summed E-state index contributed by atoms with van der Waals surface area (Å²) in [6, 6.07) is 0. The molecular formula is C25H43N8O7P. The van der Waals surface area contributed by atoms with Crippen molar-refractivity contribution >= 4 is 24.9 Å². The molecule has 230 valence electrons. The Bertz CT molecular complexity index is 1280. The summed E-state index contributed by atoms with van der Waals surface area (Å²) in [5, 5.41) is 20.6. The van der Waals surface area contributed by atoms with Gasteiger partial charge in [-0.25, -0.2) is 18.9 Å². The summed E-state index contributed by atoms with van der Waals surface area (Å²) in [7, 11) is -4.24. The quantitative estimate of drug-likeness (QED) is 0.169. The Labute approximate surface area is 238 Å². The first-order chi connectivity index (χ1) is 19.6. The highest BCUT2D eigenvalue weighted by Crippen LogP contribution is 2.44. The number of rotatable bonds is 14. The van der Waals surface area contributed by atoms with E-state index < -0.39 is 44.5 Å². The maximum atomic E-state index is 12.2. The number of nitrogen functional groups attached to an aromatic ring is 1. The van der Waals surface area contributed by atoms with Gasteiger partial charge in [-0.05, 0) is 38.9 Å². The lowest BCUT2D eigenvalue weighted by atomic mass is 10.1. The molecule has 1 saturated heterocycles. The molecule has 41 heavy (non-hydrogen) atoms. The molecule has 1 unspecified atom stereocenters. The molecule has 0 radical (unpaired) electrons.